The summed E-state index contributed by atoms with van der Waals surface area (Å²) in [6.45, 7) is 6.17. The first kappa shape index (κ1) is 20.3. The summed E-state index contributed by atoms with van der Waals surface area (Å²) >= 11 is 0. The molecule has 2 aromatic rings. The van der Waals surface area contributed by atoms with Crippen molar-refractivity contribution in [1.29, 1.82) is 0 Å². The van der Waals surface area contributed by atoms with E-state index in [1.165, 1.54) is 24.0 Å². The fourth-order valence-corrected chi connectivity index (χ4v) is 3.14. The largest absolute Gasteiger partial charge is 0.493 e. The van der Waals surface area contributed by atoms with Crippen LogP contribution in [0.5, 0.6) is 11.5 Å². The van der Waals surface area contributed by atoms with E-state index in [4.69, 9.17) is 9.47 Å². The normalized spacial score (nSPS) is 12.0. The minimum Gasteiger partial charge on any atom is -0.493 e. The van der Waals surface area contributed by atoms with Gasteiger partial charge in [0.15, 0.2) is 11.5 Å². The fourth-order valence-electron chi connectivity index (χ4n) is 3.14. The molecule has 0 saturated carbocycles. The lowest BCUT2D eigenvalue weighted by Crippen LogP contribution is -2.31. The Morgan fingerprint density at radius 3 is 2.42 bits per heavy atom. The van der Waals surface area contributed by atoms with E-state index in [0.29, 0.717) is 12.6 Å². The molecule has 0 aliphatic carbocycles. The van der Waals surface area contributed by atoms with Crippen LogP contribution in [0.1, 0.15) is 44.2 Å². The van der Waals surface area contributed by atoms with Crippen molar-refractivity contribution in [3.63, 3.8) is 0 Å². The Labute approximate surface area is 158 Å². The van der Waals surface area contributed by atoms with Gasteiger partial charge >= 0.3 is 0 Å². The average Bonchev–Trinajstić information content (AvgIpc) is 2.67. The average molecular weight is 356 g/mol. The smallest absolute Gasteiger partial charge is 0.161 e. The van der Waals surface area contributed by atoms with Crippen LogP contribution in [0.15, 0.2) is 48.5 Å². The number of methoxy groups -OCH3 is 1. The summed E-state index contributed by atoms with van der Waals surface area (Å²) in [7, 11) is 1.70. The predicted octanol–water partition coefficient (Wildman–Crippen LogP) is 5.03. The lowest BCUT2D eigenvalue weighted by molar-refractivity contribution is 0.297. The van der Waals surface area contributed by atoms with Crippen molar-refractivity contribution in [2.45, 2.75) is 52.0 Å². The zero-order valence-corrected chi connectivity index (χ0v) is 16.5. The van der Waals surface area contributed by atoms with Crippen LogP contribution >= 0.6 is 0 Å². The third kappa shape index (κ3) is 6.72. The quantitative estimate of drug-likeness (QED) is 0.579. The molecular formula is C23H33NO2. The molecule has 0 unspecified atom stereocenters. The van der Waals surface area contributed by atoms with Crippen molar-refractivity contribution in [2.75, 3.05) is 20.3 Å². The lowest BCUT2D eigenvalue weighted by atomic mass is 10.0. The molecule has 2 aromatic carbocycles. The summed E-state index contributed by atoms with van der Waals surface area (Å²) in [6, 6.07) is 17.3. The standard InChI is InChI=1S/C23H33NO2/c1-4-9-21(24-15-5-2)17-20-12-13-22(25-3)23(18-20)26-16-14-19-10-7-6-8-11-19/h6-8,10-13,18,21,24H,4-5,9,14-17H2,1-3H3/t21-/m0/s1. The Kier molecular flexibility index (Phi) is 9.05. The molecule has 3 heteroatoms. The monoisotopic (exact) mass is 355 g/mol. The maximum atomic E-state index is 6.05. The van der Waals surface area contributed by atoms with Crippen molar-refractivity contribution in [1.82, 2.24) is 5.32 Å². The van der Waals surface area contributed by atoms with Crippen LogP contribution in [0.2, 0.25) is 0 Å². The Balaban J connectivity index is 1.99. The molecule has 0 heterocycles. The van der Waals surface area contributed by atoms with Crippen LogP contribution in [-0.4, -0.2) is 26.3 Å². The molecule has 0 aliphatic rings. The van der Waals surface area contributed by atoms with Gasteiger partial charge in [0.2, 0.25) is 0 Å². The molecule has 3 nitrogen and oxygen atoms in total. The molecule has 0 fully saturated rings. The van der Waals surface area contributed by atoms with Gasteiger partial charge in [0.25, 0.3) is 0 Å². The number of ether oxygens (including phenoxy) is 2. The number of hydrogen-bond donors (Lipinski definition) is 1. The Bertz CT molecular complexity index is 627. The molecule has 0 spiro atoms. The van der Waals surface area contributed by atoms with Crippen LogP contribution in [0.3, 0.4) is 0 Å². The number of hydrogen-bond acceptors (Lipinski definition) is 3. The van der Waals surface area contributed by atoms with Gasteiger partial charge < -0.3 is 14.8 Å². The highest BCUT2D eigenvalue weighted by atomic mass is 16.5. The summed E-state index contributed by atoms with van der Waals surface area (Å²) in [5.41, 5.74) is 2.58. The van der Waals surface area contributed by atoms with E-state index in [0.717, 1.165) is 37.3 Å². The van der Waals surface area contributed by atoms with Crippen LogP contribution < -0.4 is 14.8 Å². The van der Waals surface area contributed by atoms with Gasteiger partial charge in [0, 0.05) is 12.5 Å². The number of benzene rings is 2. The highest BCUT2D eigenvalue weighted by molar-refractivity contribution is 5.43. The third-order valence-corrected chi connectivity index (χ3v) is 4.52. The SMILES string of the molecule is CCCN[C@@H](CCC)Cc1ccc(OC)c(OCCc2ccccc2)c1. The van der Waals surface area contributed by atoms with Crippen molar-refractivity contribution in [3.05, 3.63) is 59.7 Å². The summed E-state index contributed by atoms with van der Waals surface area (Å²) in [4.78, 5) is 0. The topological polar surface area (TPSA) is 30.5 Å². The van der Waals surface area contributed by atoms with Crippen molar-refractivity contribution in [2.24, 2.45) is 0 Å². The summed E-state index contributed by atoms with van der Waals surface area (Å²) in [5, 5.41) is 3.66. The summed E-state index contributed by atoms with van der Waals surface area (Å²) in [5.74, 6) is 1.64. The molecule has 0 bridgehead atoms. The Morgan fingerprint density at radius 2 is 1.73 bits per heavy atom. The zero-order valence-electron chi connectivity index (χ0n) is 16.5. The van der Waals surface area contributed by atoms with E-state index in [-0.39, 0.29) is 0 Å². The lowest BCUT2D eigenvalue weighted by Gasteiger charge is -2.19. The minimum atomic E-state index is 0.519. The molecule has 0 aromatic heterocycles. The number of rotatable bonds is 12. The molecule has 0 saturated heterocycles. The highest BCUT2D eigenvalue weighted by Crippen LogP contribution is 2.29. The van der Waals surface area contributed by atoms with Crippen LogP contribution in [0.25, 0.3) is 0 Å². The Hall–Kier alpha value is -2.00. The Morgan fingerprint density at radius 1 is 0.923 bits per heavy atom. The van der Waals surface area contributed by atoms with Crippen molar-refractivity contribution >= 4 is 0 Å². The van der Waals surface area contributed by atoms with Crippen molar-refractivity contribution < 1.29 is 9.47 Å². The van der Waals surface area contributed by atoms with Gasteiger partial charge in [-0.05, 0) is 49.1 Å². The van der Waals surface area contributed by atoms with Gasteiger partial charge in [0.1, 0.15) is 0 Å². The number of nitrogens with one attached hydrogen (secondary N) is 1. The van der Waals surface area contributed by atoms with Crippen LogP contribution in [0.4, 0.5) is 0 Å². The zero-order chi connectivity index (χ0) is 18.6. The first-order valence-electron chi connectivity index (χ1n) is 9.83. The second-order valence-corrected chi connectivity index (χ2v) is 6.71. The summed E-state index contributed by atoms with van der Waals surface area (Å²) in [6.07, 6.45) is 5.46. The highest BCUT2D eigenvalue weighted by Gasteiger charge is 2.11. The van der Waals surface area contributed by atoms with Crippen LogP contribution in [0, 0.1) is 0 Å². The predicted molar refractivity (Wildman–Crippen MR) is 109 cm³/mol. The van der Waals surface area contributed by atoms with Gasteiger partial charge in [-0.1, -0.05) is 56.7 Å². The molecule has 1 atom stereocenters. The molecule has 0 aliphatic heterocycles. The van der Waals surface area contributed by atoms with Gasteiger partial charge in [-0.2, -0.15) is 0 Å². The first-order valence-corrected chi connectivity index (χ1v) is 9.83. The maximum Gasteiger partial charge on any atom is 0.161 e. The van der Waals surface area contributed by atoms with Gasteiger partial charge in [-0.15, -0.1) is 0 Å². The molecule has 2 rings (SSSR count). The second-order valence-electron chi connectivity index (χ2n) is 6.71. The van der Waals surface area contributed by atoms with Gasteiger partial charge in [-0.25, -0.2) is 0 Å². The van der Waals surface area contributed by atoms with E-state index in [1.54, 1.807) is 7.11 Å². The van der Waals surface area contributed by atoms with Crippen LogP contribution in [-0.2, 0) is 12.8 Å². The van der Waals surface area contributed by atoms with E-state index >= 15 is 0 Å². The molecule has 0 radical (unpaired) electrons. The second kappa shape index (κ2) is 11.6. The van der Waals surface area contributed by atoms with Gasteiger partial charge in [-0.3, -0.25) is 0 Å². The van der Waals surface area contributed by atoms with E-state index in [9.17, 15) is 0 Å². The molecule has 0 amide bonds. The van der Waals surface area contributed by atoms with E-state index in [1.807, 2.05) is 12.1 Å². The molecule has 26 heavy (non-hydrogen) atoms. The summed E-state index contributed by atoms with van der Waals surface area (Å²) < 4.78 is 11.5. The fraction of sp³-hybridized carbons (Fsp3) is 0.478. The molecular weight excluding hydrogens is 322 g/mol. The van der Waals surface area contributed by atoms with Crippen molar-refractivity contribution in [3.8, 4) is 11.5 Å². The van der Waals surface area contributed by atoms with E-state index in [2.05, 4.69) is 55.6 Å². The third-order valence-electron chi connectivity index (χ3n) is 4.52. The van der Waals surface area contributed by atoms with Gasteiger partial charge in [0.05, 0.1) is 13.7 Å². The molecule has 1 N–H and O–H groups in total. The minimum absolute atomic E-state index is 0.519. The first-order chi connectivity index (χ1) is 12.8. The maximum absolute atomic E-state index is 6.05. The molecule has 142 valence electrons. The van der Waals surface area contributed by atoms with E-state index < -0.39 is 0 Å².